The minimum Gasteiger partial charge on any atom is -0.358 e. The molecule has 0 atom stereocenters. The van der Waals surface area contributed by atoms with Crippen LogP contribution in [0.1, 0.15) is 0 Å². The lowest BCUT2D eigenvalue weighted by Crippen LogP contribution is -1.85. The summed E-state index contributed by atoms with van der Waals surface area (Å²) < 4.78 is 13.5. The molecule has 0 aliphatic rings. The Morgan fingerprint density at radius 2 is 2.12 bits per heavy atom. The van der Waals surface area contributed by atoms with E-state index in [-0.39, 0.29) is 11.1 Å². The zero-order chi connectivity index (χ0) is 11.8. The van der Waals surface area contributed by atoms with Crippen LogP contribution in [0.25, 0.3) is 22.2 Å². The first kappa shape index (κ1) is 10.2. The van der Waals surface area contributed by atoms with Gasteiger partial charge in [-0.25, -0.2) is 14.4 Å². The maximum Gasteiger partial charge on any atom is 0.222 e. The molecule has 3 rings (SSSR count). The van der Waals surface area contributed by atoms with E-state index in [9.17, 15) is 4.39 Å². The number of halogens is 2. The Balaban J connectivity index is 2.28. The second-order valence-electron chi connectivity index (χ2n) is 3.58. The number of hydrogen-bond acceptors (Lipinski definition) is 2. The van der Waals surface area contributed by atoms with Crippen molar-refractivity contribution >= 4 is 22.5 Å². The molecule has 0 bridgehead atoms. The predicted molar refractivity (Wildman–Crippen MR) is 64.3 cm³/mol. The van der Waals surface area contributed by atoms with Gasteiger partial charge in [0, 0.05) is 23.3 Å². The lowest BCUT2D eigenvalue weighted by molar-refractivity contribution is 0.637. The van der Waals surface area contributed by atoms with E-state index in [4.69, 9.17) is 11.6 Å². The van der Waals surface area contributed by atoms with Gasteiger partial charge in [0.1, 0.15) is 5.82 Å². The first-order valence-corrected chi connectivity index (χ1v) is 5.38. The van der Waals surface area contributed by atoms with E-state index in [2.05, 4.69) is 15.0 Å². The van der Waals surface area contributed by atoms with Crippen LogP contribution in [0.3, 0.4) is 0 Å². The number of nitrogens with one attached hydrogen (secondary N) is 1. The van der Waals surface area contributed by atoms with Crippen LogP contribution in [0.4, 0.5) is 4.39 Å². The molecule has 17 heavy (non-hydrogen) atoms. The number of rotatable bonds is 1. The Hall–Kier alpha value is -1.94. The van der Waals surface area contributed by atoms with E-state index < -0.39 is 0 Å². The number of H-pyrrole nitrogens is 1. The van der Waals surface area contributed by atoms with Crippen LogP contribution in [0.2, 0.25) is 5.28 Å². The summed E-state index contributed by atoms with van der Waals surface area (Å²) in [5.74, 6) is -0.283. The van der Waals surface area contributed by atoms with E-state index in [1.165, 1.54) is 6.07 Å². The number of fused-ring (bicyclic) bond motifs is 1. The van der Waals surface area contributed by atoms with Crippen molar-refractivity contribution in [1.29, 1.82) is 0 Å². The van der Waals surface area contributed by atoms with E-state index >= 15 is 0 Å². The molecule has 0 aliphatic carbocycles. The maximum atomic E-state index is 13.5. The molecule has 5 heteroatoms. The zero-order valence-corrected chi connectivity index (χ0v) is 9.37. The standard InChI is InChI=1S/C12H7ClFN3/c13-12-15-5-4-10(17-12)8-6-16-11-7(8)2-1-3-9(11)14/h1-6,16H. The summed E-state index contributed by atoms with van der Waals surface area (Å²) in [6.45, 7) is 0. The van der Waals surface area contributed by atoms with Gasteiger partial charge in [0.25, 0.3) is 0 Å². The van der Waals surface area contributed by atoms with Crippen LogP contribution in [0.5, 0.6) is 0 Å². The molecule has 2 heterocycles. The Morgan fingerprint density at radius 1 is 1.24 bits per heavy atom. The third-order valence-electron chi connectivity index (χ3n) is 2.57. The number of nitrogens with zero attached hydrogens (tertiary/aromatic N) is 2. The van der Waals surface area contributed by atoms with Crippen molar-refractivity contribution in [2.24, 2.45) is 0 Å². The largest absolute Gasteiger partial charge is 0.358 e. The zero-order valence-electron chi connectivity index (χ0n) is 8.61. The average molecular weight is 248 g/mol. The molecule has 0 spiro atoms. The Kier molecular flexibility index (Phi) is 2.30. The molecular weight excluding hydrogens is 241 g/mol. The van der Waals surface area contributed by atoms with Gasteiger partial charge in [-0.15, -0.1) is 0 Å². The number of aromatic amines is 1. The van der Waals surface area contributed by atoms with Gasteiger partial charge in [-0.2, -0.15) is 0 Å². The van der Waals surface area contributed by atoms with Crippen molar-refractivity contribution in [2.75, 3.05) is 0 Å². The van der Waals surface area contributed by atoms with Gasteiger partial charge >= 0.3 is 0 Å². The summed E-state index contributed by atoms with van der Waals surface area (Å²) in [4.78, 5) is 10.8. The third-order valence-corrected chi connectivity index (χ3v) is 2.75. The summed E-state index contributed by atoms with van der Waals surface area (Å²) in [5.41, 5.74) is 1.95. The van der Waals surface area contributed by atoms with E-state index in [0.29, 0.717) is 11.2 Å². The molecule has 3 aromatic rings. The van der Waals surface area contributed by atoms with Crippen LogP contribution < -0.4 is 0 Å². The van der Waals surface area contributed by atoms with Gasteiger partial charge in [-0.05, 0) is 23.7 Å². The first-order valence-electron chi connectivity index (χ1n) is 5.00. The maximum absolute atomic E-state index is 13.5. The summed E-state index contributed by atoms with van der Waals surface area (Å²) in [6.07, 6.45) is 3.29. The van der Waals surface area contributed by atoms with Crippen LogP contribution in [0, 0.1) is 5.82 Å². The summed E-state index contributed by atoms with van der Waals surface area (Å²) >= 11 is 5.74. The number of benzene rings is 1. The van der Waals surface area contributed by atoms with Crippen molar-refractivity contribution < 1.29 is 4.39 Å². The highest BCUT2D eigenvalue weighted by atomic mass is 35.5. The fraction of sp³-hybridized carbons (Fsp3) is 0. The number of hydrogen-bond donors (Lipinski definition) is 1. The smallest absolute Gasteiger partial charge is 0.222 e. The second kappa shape index (κ2) is 3.82. The monoisotopic (exact) mass is 247 g/mol. The molecular formula is C12H7ClFN3. The highest BCUT2D eigenvalue weighted by molar-refractivity contribution is 6.28. The molecule has 3 nitrogen and oxygen atoms in total. The van der Waals surface area contributed by atoms with Crippen molar-refractivity contribution in [2.45, 2.75) is 0 Å². The number of aromatic nitrogens is 3. The fourth-order valence-corrected chi connectivity index (χ4v) is 1.96. The molecule has 0 radical (unpaired) electrons. The van der Waals surface area contributed by atoms with Gasteiger partial charge in [0.05, 0.1) is 11.2 Å². The minimum absolute atomic E-state index is 0.174. The lowest BCUT2D eigenvalue weighted by Gasteiger charge is -1.98. The van der Waals surface area contributed by atoms with Crippen molar-refractivity contribution in [3.63, 3.8) is 0 Å². The molecule has 1 aromatic carbocycles. The molecule has 0 unspecified atom stereocenters. The molecule has 0 saturated heterocycles. The molecule has 1 N–H and O–H groups in total. The fourth-order valence-electron chi connectivity index (χ4n) is 1.81. The summed E-state index contributed by atoms with van der Waals surface area (Å²) in [6, 6.07) is 6.65. The van der Waals surface area contributed by atoms with Crippen LogP contribution >= 0.6 is 11.6 Å². The summed E-state index contributed by atoms with van der Waals surface area (Å²) in [7, 11) is 0. The lowest BCUT2D eigenvalue weighted by atomic mass is 10.1. The van der Waals surface area contributed by atoms with Crippen molar-refractivity contribution in [3.05, 3.63) is 47.8 Å². The van der Waals surface area contributed by atoms with Gasteiger partial charge in [0.2, 0.25) is 5.28 Å². The SMILES string of the molecule is Fc1cccc2c(-c3ccnc(Cl)n3)c[nH]c12. The highest BCUT2D eigenvalue weighted by Gasteiger charge is 2.10. The Labute approximate surface area is 101 Å². The molecule has 2 aromatic heterocycles. The Morgan fingerprint density at radius 3 is 2.94 bits per heavy atom. The third kappa shape index (κ3) is 1.66. The van der Waals surface area contributed by atoms with E-state index in [1.54, 1.807) is 24.5 Å². The highest BCUT2D eigenvalue weighted by Crippen LogP contribution is 2.28. The number of para-hydroxylation sites is 1. The van der Waals surface area contributed by atoms with E-state index in [0.717, 1.165) is 10.9 Å². The van der Waals surface area contributed by atoms with Crippen molar-refractivity contribution in [1.82, 2.24) is 15.0 Å². The molecule has 0 aliphatic heterocycles. The Bertz CT molecular complexity index is 693. The van der Waals surface area contributed by atoms with Crippen molar-refractivity contribution in [3.8, 4) is 11.3 Å². The quantitative estimate of drug-likeness (QED) is 0.670. The normalized spacial score (nSPS) is 10.9. The first-order chi connectivity index (χ1) is 8.25. The van der Waals surface area contributed by atoms with Gasteiger partial charge in [0.15, 0.2) is 0 Å². The molecule has 0 saturated carbocycles. The van der Waals surface area contributed by atoms with Crippen LogP contribution in [-0.2, 0) is 0 Å². The van der Waals surface area contributed by atoms with Gasteiger partial charge in [-0.1, -0.05) is 12.1 Å². The topological polar surface area (TPSA) is 41.6 Å². The molecule has 84 valence electrons. The van der Waals surface area contributed by atoms with Gasteiger partial charge in [-0.3, -0.25) is 0 Å². The molecule has 0 amide bonds. The average Bonchev–Trinajstić information content (AvgIpc) is 2.74. The van der Waals surface area contributed by atoms with Crippen LogP contribution in [0.15, 0.2) is 36.7 Å². The second-order valence-corrected chi connectivity index (χ2v) is 3.91. The van der Waals surface area contributed by atoms with E-state index in [1.807, 2.05) is 6.07 Å². The molecule has 0 fully saturated rings. The minimum atomic E-state index is -0.283. The van der Waals surface area contributed by atoms with Crippen LogP contribution in [-0.4, -0.2) is 15.0 Å². The predicted octanol–water partition coefficient (Wildman–Crippen LogP) is 3.42. The van der Waals surface area contributed by atoms with Gasteiger partial charge < -0.3 is 4.98 Å². The summed E-state index contributed by atoms with van der Waals surface area (Å²) in [5, 5.41) is 0.952.